The summed E-state index contributed by atoms with van der Waals surface area (Å²) in [5, 5.41) is 9.68. The third-order valence-electron chi connectivity index (χ3n) is 1.98. The first kappa shape index (κ1) is 8.33. The van der Waals surface area contributed by atoms with Crippen LogP contribution in [0.3, 0.4) is 0 Å². The Bertz CT molecular complexity index is 479. The maximum atomic E-state index is 8.53. The molecular weight excluding hydrogens is 228 g/mol. The van der Waals surface area contributed by atoms with Gasteiger partial charge in [-0.2, -0.15) is 5.26 Å². The van der Waals surface area contributed by atoms with E-state index < -0.39 is 0 Å². The molecule has 0 saturated heterocycles. The van der Waals surface area contributed by atoms with Gasteiger partial charge in [0.15, 0.2) is 0 Å². The summed E-state index contributed by atoms with van der Waals surface area (Å²) in [7, 11) is 0. The van der Waals surface area contributed by atoms with E-state index in [0.29, 0.717) is 6.42 Å². The van der Waals surface area contributed by atoms with E-state index in [2.05, 4.69) is 27.0 Å². The SMILES string of the molecule is N#CCc1ccc2c(Br)c[nH]c2c1. The molecule has 3 heteroatoms. The Balaban J connectivity index is 2.58. The number of hydrogen-bond acceptors (Lipinski definition) is 1. The van der Waals surface area contributed by atoms with Crippen LogP contribution < -0.4 is 0 Å². The Kier molecular flexibility index (Phi) is 2.07. The number of H-pyrrole nitrogens is 1. The number of aromatic nitrogens is 1. The number of benzene rings is 1. The minimum absolute atomic E-state index is 0.465. The molecule has 0 unspecified atom stereocenters. The number of halogens is 1. The maximum absolute atomic E-state index is 8.53. The molecule has 2 aromatic rings. The second-order valence-corrected chi connectivity index (χ2v) is 3.71. The van der Waals surface area contributed by atoms with Gasteiger partial charge in [0.1, 0.15) is 0 Å². The number of nitrogens with one attached hydrogen (secondary N) is 1. The molecule has 0 bridgehead atoms. The molecule has 0 fully saturated rings. The fourth-order valence-electron chi connectivity index (χ4n) is 1.34. The molecule has 2 nitrogen and oxygen atoms in total. The zero-order valence-corrected chi connectivity index (χ0v) is 8.43. The first-order valence-electron chi connectivity index (χ1n) is 3.94. The average molecular weight is 235 g/mol. The van der Waals surface area contributed by atoms with Crippen LogP contribution in [0.25, 0.3) is 10.9 Å². The van der Waals surface area contributed by atoms with Crippen molar-refractivity contribution >= 4 is 26.8 Å². The highest BCUT2D eigenvalue weighted by Crippen LogP contribution is 2.24. The van der Waals surface area contributed by atoms with Crippen LogP contribution in [0.4, 0.5) is 0 Å². The Morgan fingerprint density at radius 2 is 2.31 bits per heavy atom. The van der Waals surface area contributed by atoms with Gasteiger partial charge in [-0.3, -0.25) is 0 Å². The Hall–Kier alpha value is -1.27. The Morgan fingerprint density at radius 3 is 3.08 bits per heavy atom. The minimum atomic E-state index is 0.465. The summed E-state index contributed by atoms with van der Waals surface area (Å²) < 4.78 is 1.06. The molecule has 13 heavy (non-hydrogen) atoms. The summed E-state index contributed by atoms with van der Waals surface area (Å²) in [5.41, 5.74) is 2.11. The van der Waals surface area contributed by atoms with Crippen LogP contribution in [0.15, 0.2) is 28.9 Å². The van der Waals surface area contributed by atoms with Crippen molar-refractivity contribution in [3.8, 4) is 6.07 Å². The summed E-state index contributed by atoms with van der Waals surface area (Å²) in [6.45, 7) is 0. The van der Waals surface area contributed by atoms with E-state index in [1.165, 1.54) is 0 Å². The summed E-state index contributed by atoms with van der Waals surface area (Å²) in [6.07, 6.45) is 2.37. The van der Waals surface area contributed by atoms with Crippen LogP contribution in [-0.2, 0) is 6.42 Å². The summed E-state index contributed by atoms with van der Waals surface area (Å²) in [6, 6.07) is 8.13. The number of rotatable bonds is 1. The molecule has 1 heterocycles. The fourth-order valence-corrected chi connectivity index (χ4v) is 1.80. The van der Waals surface area contributed by atoms with Crippen LogP contribution in [0.2, 0.25) is 0 Å². The van der Waals surface area contributed by atoms with Gasteiger partial charge in [0, 0.05) is 21.6 Å². The van der Waals surface area contributed by atoms with Crippen molar-refractivity contribution in [2.75, 3.05) is 0 Å². The number of fused-ring (bicyclic) bond motifs is 1. The van der Waals surface area contributed by atoms with E-state index in [9.17, 15) is 0 Å². The number of aromatic amines is 1. The largest absolute Gasteiger partial charge is 0.360 e. The molecule has 0 aliphatic heterocycles. The monoisotopic (exact) mass is 234 g/mol. The molecule has 0 amide bonds. The van der Waals surface area contributed by atoms with Gasteiger partial charge in [-0.05, 0) is 27.6 Å². The molecule has 2 rings (SSSR count). The fraction of sp³-hybridized carbons (Fsp3) is 0.100. The van der Waals surface area contributed by atoms with Crippen molar-refractivity contribution in [3.05, 3.63) is 34.4 Å². The topological polar surface area (TPSA) is 39.6 Å². The van der Waals surface area contributed by atoms with Crippen LogP contribution in [0.1, 0.15) is 5.56 Å². The quantitative estimate of drug-likeness (QED) is 0.810. The molecule has 0 spiro atoms. The predicted octanol–water partition coefficient (Wildman–Crippen LogP) is 3.00. The van der Waals surface area contributed by atoms with Crippen LogP contribution in [0.5, 0.6) is 0 Å². The lowest BCUT2D eigenvalue weighted by atomic mass is 10.1. The van der Waals surface area contributed by atoms with E-state index in [1.807, 2.05) is 24.4 Å². The molecule has 1 N–H and O–H groups in total. The molecule has 0 aliphatic rings. The molecule has 0 atom stereocenters. The molecule has 1 aromatic heterocycles. The van der Waals surface area contributed by atoms with Gasteiger partial charge in [0.2, 0.25) is 0 Å². The van der Waals surface area contributed by atoms with E-state index >= 15 is 0 Å². The zero-order chi connectivity index (χ0) is 9.26. The Labute approximate surface area is 84.3 Å². The number of nitriles is 1. The normalized spacial score (nSPS) is 10.2. The summed E-state index contributed by atoms with van der Waals surface area (Å²) in [5.74, 6) is 0. The van der Waals surface area contributed by atoms with Gasteiger partial charge in [0.25, 0.3) is 0 Å². The van der Waals surface area contributed by atoms with E-state index in [4.69, 9.17) is 5.26 Å². The van der Waals surface area contributed by atoms with E-state index in [0.717, 1.165) is 20.9 Å². The van der Waals surface area contributed by atoms with Crippen molar-refractivity contribution in [1.82, 2.24) is 4.98 Å². The van der Waals surface area contributed by atoms with E-state index in [-0.39, 0.29) is 0 Å². The van der Waals surface area contributed by atoms with Gasteiger partial charge >= 0.3 is 0 Å². The highest BCUT2D eigenvalue weighted by atomic mass is 79.9. The average Bonchev–Trinajstić information content (AvgIpc) is 2.48. The third-order valence-corrected chi connectivity index (χ3v) is 2.63. The standard InChI is InChI=1S/C10H7BrN2/c11-9-6-13-10-5-7(3-4-12)1-2-8(9)10/h1-2,5-6,13H,3H2. The third kappa shape index (κ3) is 1.45. The second kappa shape index (κ2) is 3.23. The summed E-state index contributed by atoms with van der Waals surface area (Å²) >= 11 is 3.43. The lowest BCUT2D eigenvalue weighted by Crippen LogP contribution is -1.80. The Morgan fingerprint density at radius 1 is 1.46 bits per heavy atom. The van der Waals surface area contributed by atoms with Crippen LogP contribution in [0, 0.1) is 11.3 Å². The van der Waals surface area contributed by atoms with Crippen molar-refractivity contribution in [2.24, 2.45) is 0 Å². The first-order valence-corrected chi connectivity index (χ1v) is 4.73. The predicted molar refractivity (Wildman–Crippen MR) is 55.3 cm³/mol. The van der Waals surface area contributed by atoms with Crippen molar-refractivity contribution in [3.63, 3.8) is 0 Å². The van der Waals surface area contributed by atoms with Crippen LogP contribution in [-0.4, -0.2) is 4.98 Å². The van der Waals surface area contributed by atoms with Gasteiger partial charge in [-0.25, -0.2) is 0 Å². The molecular formula is C10H7BrN2. The summed E-state index contributed by atoms with van der Waals surface area (Å²) in [4.78, 5) is 3.13. The molecule has 64 valence electrons. The van der Waals surface area contributed by atoms with Gasteiger partial charge in [0.05, 0.1) is 12.5 Å². The highest BCUT2D eigenvalue weighted by Gasteiger charge is 2.00. The van der Waals surface area contributed by atoms with Crippen molar-refractivity contribution < 1.29 is 0 Å². The molecule has 0 saturated carbocycles. The van der Waals surface area contributed by atoms with Gasteiger partial charge in [-0.15, -0.1) is 0 Å². The van der Waals surface area contributed by atoms with Gasteiger partial charge < -0.3 is 4.98 Å². The molecule has 0 radical (unpaired) electrons. The smallest absolute Gasteiger partial charge is 0.0669 e. The van der Waals surface area contributed by atoms with Crippen LogP contribution >= 0.6 is 15.9 Å². The lowest BCUT2D eigenvalue weighted by molar-refractivity contribution is 1.27. The minimum Gasteiger partial charge on any atom is -0.360 e. The van der Waals surface area contributed by atoms with E-state index in [1.54, 1.807) is 0 Å². The molecule has 0 aliphatic carbocycles. The molecule has 1 aromatic carbocycles. The highest BCUT2D eigenvalue weighted by molar-refractivity contribution is 9.10. The van der Waals surface area contributed by atoms with Crippen molar-refractivity contribution in [1.29, 1.82) is 5.26 Å². The van der Waals surface area contributed by atoms with Gasteiger partial charge in [-0.1, -0.05) is 12.1 Å². The number of hydrogen-bond donors (Lipinski definition) is 1. The second-order valence-electron chi connectivity index (χ2n) is 2.85. The lowest BCUT2D eigenvalue weighted by Gasteiger charge is -1.94. The van der Waals surface area contributed by atoms with Crippen molar-refractivity contribution in [2.45, 2.75) is 6.42 Å². The zero-order valence-electron chi connectivity index (χ0n) is 6.84. The maximum Gasteiger partial charge on any atom is 0.0669 e. The first-order chi connectivity index (χ1) is 6.31. The number of nitrogens with zero attached hydrogens (tertiary/aromatic N) is 1.